The van der Waals surface area contributed by atoms with Gasteiger partial charge in [-0.3, -0.25) is 4.79 Å². The number of carbonyl (C=O) groups is 1. The van der Waals surface area contributed by atoms with Gasteiger partial charge < -0.3 is 20.3 Å². The van der Waals surface area contributed by atoms with Crippen LogP contribution in [0.15, 0.2) is 28.8 Å². The van der Waals surface area contributed by atoms with Gasteiger partial charge in [0.2, 0.25) is 5.91 Å². The predicted octanol–water partition coefficient (Wildman–Crippen LogP) is 2.69. The molecule has 0 saturated carbocycles. The molecular weight excluding hydrogens is 332 g/mol. The van der Waals surface area contributed by atoms with E-state index in [1.54, 1.807) is 31.2 Å². The Hall–Kier alpha value is -2.12. The predicted molar refractivity (Wildman–Crippen MR) is 93.1 cm³/mol. The second-order valence-corrected chi connectivity index (χ2v) is 5.77. The van der Waals surface area contributed by atoms with Gasteiger partial charge in [0.1, 0.15) is 5.75 Å². The fourth-order valence-electron chi connectivity index (χ4n) is 2.03. The lowest BCUT2D eigenvalue weighted by molar-refractivity contribution is -0.117. The van der Waals surface area contributed by atoms with E-state index in [1.165, 1.54) is 0 Å². The van der Waals surface area contributed by atoms with Gasteiger partial charge in [-0.05, 0) is 43.5 Å². The van der Waals surface area contributed by atoms with Crippen LogP contribution >= 0.6 is 12.4 Å². The van der Waals surface area contributed by atoms with E-state index in [-0.39, 0.29) is 24.9 Å². The zero-order valence-corrected chi connectivity index (χ0v) is 14.8. The summed E-state index contributed by atoms with van der Waals surface area (Å²) in [5.41, 5.74) is 6.53. The fourth-order valence-corrected chi connectivity index (χ4v) is 2.03. The van der Waals surface area contributed by atoms with Gasteiger partial charge in [-0.2, -0.15) is 4.98 Å². The first-order valence-electron chi connectivity index (χ1n) is 7.52. The highest BCUT2D eigenvalue weighted by Gasteiger charge is 2.15. The van der Waals surface area contributed by atoms with Crippen molar-refractivity contribution in [2.75, 3.05) is 5.32 Å². The Morgan fingerprint density at radius 3 is 2.54 bits per heavy atom. The number of nitrogens with one attached hydrogen (secondary N) is 1. The Kier molecular flexibility index (Phi) is 7.67. The van der Waals surface area contributed by atoms with Crippen molar-refractivity contribution in [3.8, 4) is 5.75 Å². The van der Waals surface area contributed by atoms with E-state index in [0.717, 1.165) is 0 Å². The van der Waals surface area contributed by atoms with Crippen molar-refractivity contribution < 1.29 is 14.1 Å². The Morgan fingerprint density at radius 1 is 1.33 bits per heavy atom. The maximum Gasteiger partial charge on any atom is 0.264 e. The minimum absolute atomic E-state index is 0. The van der Waals surface area contributed by atoms with Gasteiger partial charge in [0.25, 0.3) is 5.89 Å². The van der Waals surface area contributed by atoms with Crippen molar-refractivity contribution in [2.24, 2.45) is 11.7 Å². The zero-order valence-electron chi connectivity index (χ0n) is 14.0. The smallest absolute Gasteiger partial charge is 0.264 e. The average molecular weight is 355 g/mol. The summed E-state index contributed by atoms with van der Waals surface area (Å²) in [4.78, 5) is 16.0. The molecule has 7 nitrogen and oxygen atoms in total. The molecule has 1 atom stereocenters. The molecule has 0 fully saturated rings. The number of nitrogens with two attached hydrogens (primary N) is 1. The number of carbonyl (C=O) groups excluding carboxylic acids is 1. The van der Waals surface area contributed by atoms with Gasteiger partial charge in [0.05, 0.1) is 6.04 Å². The number of benzene rings is 1. The topological polar surface area (TPSA) is 103 Å². The molecule has 8 heteroatoms. The van der Waals surface area contributed by atoms with E-state index in [1.807, 2.05) is 13.8 Å². The van der Waals surface area contributed by atoms with E-state index >= 15 is 0 Å². The van der Waals surface area contributed by atoms with Crippen LogP contribution in [0.25, 0.3) is 0 Å². The number of nitrogens with zero attached hydrogens (tertiary/aromatic N) is 2. The van der Waals surface area contributed by atoms with Crippen molar-refractivity contribution in [1.29, 1.82) is 0 Å². The van der Waals surface area contributed by atoms with Crippen LogP contribution in [-0.4, -0.2) is 22.1 Å². The number of amides is 1. The molecule has 1 heterocycles. The van der Waals surface area contributed by atoms with Gasteiger partial charge in [0.15, 0.2) is 12.4 Å². The Bertz CT molecular complexity index is 643. The second-order valence-electron chi connectivity index (χ2n) is 5.77. The van der Waals surface area contributed by atoms with Crippen LogP contribution < -0.4 is 15.8 Å². The SMILES string of the molecule is Cc1noc(COc2ccc(NC(=O)[C@@H](N)CC(C)C)cc2)n1.Cl. The van der Waals surface area contributed by atoms with Crippen LogP contribution in [0.2, 0.25) is 0 Å². The molecule has 0 spiro atoms. The van der Waals surface area contributed by atoms with E-state index in [9.17, 15) is 4.79 Å². The quantitative estimate of drug-likeness (QED) is 0.792. The Labute approximate surface area is 147 Å². The lowest BCUT2D eigenvalue weighted by Gasteiger charge is -2.14. The standard InChI is InChI=1S/C16H22N4O3.ClH/c1-10(2)8-14(17)16(21)19-12-4-6-13(7-5-12)22-9-15-18-11(3)20-23-15;/h4-7,10,14H,8-9,17H2,1-3H3,(H,19,21);1H/t14-;/m0./s1. The Morgan fingerprint density at radius 2 is 2.00 bits per heavy atom. The van der Waals surface area contributed by atoms with Crippen LogP contribution in [0, 0.1) is 12.8 Å². The number of anilines is 1. The van der Waals surface area contributed by atoms with Crippen LogP contribution in [-0.2, 0) is 11.4 Å². The molecule has 0 unspecified atom stereocenters. The van der Waals surface area contributed by atoms with Gasteiger partial charge >= 0.3 is 0 Å². The number of rotatable bonds is 7. The maximum atomic E-state index is 12.0. The summed E-state index contributed by atoms with van der Waals surface area (Å²) in [5, 5.41) is 6.48. The number of aryl methyl sites for hydroxylation is 1. The average Bonchev–Trinajstić information content (AvgIpc) is 2.91. The number of hydrogen-bond donors (Lipinski definition) is 2. The number of aromatic nitrogens is 2. The van der Waals surface area contributed by atoms with Crippen molar-refractivity contribution >= 4 is 24.0 Å². The molecule has 1 aromatic carbocycles. The van der Waals surface area contributed by atoms with E-state index in [2.05, 4.69) is 15.5 Å². The first kappa shape index (κ1) is 19.9. The molecule has 132 valence electrons. The van der Waals surface area contributed by atoms with Gasteiger partial charge in [-0.25, -0.2) is 0 Å². The lowest BCUT2D eigenvalue weighted by atomic mass is 10.0. The summed E-state index contributed by atoms with van der Waals surface area (Å²) < 4.78 is 10.5. The molecule has 2 rings (SSSR count). The minimum Gasteiger partial charge on any atom is -0.484 e. The summed E-state index contributed by atoms with van der Waals surface area (Å²) in [5.74, 6) is 1.82. The highest BCUT2D eigenvalue weighted by Crippen LogP contribution is 2.17. The summed E-state index contributed by atoms with van der Waals surface area (Å²) in [6.07, 6.45) is 0.649. The van der Waals surface area contributed by atoms with Crippen molar-refractivity contribution in [1.82, 2.24) is 10.1 Å². The summed E-state index contributed by atoms with van der Waals surface area (Å²) in [7, 11) is 0. The molecule has 24 heavy (non-hydrogen) atoms. The molecule has 3 N–H and O–H groups in total. The molecule has 0 radical (unpaired) electrons. The summed E-state index contributed by atoms with van der Waals surface area (Å²) in [6.45, 7) is 6.01. The molecule has 0 saturated heterocycles. The van der Waals surface area contributed by atoms with E-state index in [4.69, 9.17) is 15.0 Å². The molecule has 1 aromatic heterocycles. The van der Waals surface area contributed by atoms with Crippen molar-refractivity contribution in [3.63, 3.8) is 0 Å². The van der Waals surface area contributed by atoms with Gasteiger partial charge in [-0.15, -0.1) is 12.4 Å². The fraction of sp³-hybridized carbons (Fsp3) is 0.438. The molecule has 2 aromatic rings. The van der Waals surface area contributed by atoms with E-state index in [0.29, 0.717) is 35.5 Å². The van der Waals surface area contributed by atoms with Crippen molar-refractivity contribution in [2.45, 2.75) is 39.8 Å². The van der Waals surface area contributed by atoms with Crippen LogP contribution in [0.4, 0.5) is 5.69 Å². The molecule has 0 aliphatic rings. The van der Waals surface area contributed by atoms with E-state index < -0.39 is 6.04 Å². The van der Waals surface area contributed by atoms with Crippen LogP contribution in [0.3, 0.4) is 0 Å². The van der Waals surface area contributed by atoms with Crippen molar-refractivity contribution in [3.05, 3.63) is 36.0 Å². The lowest BCUT2D eigenvalue weighted by Crippen LogP contribution is -2.36. The molecule has 0 aliphatic heterocycles. The van der Waals surface area contributed by atoms with Crippen LogP contribution in [0.5, 0.6) is 5.75 Å². The third kappa shape index (κ3) is 6.17. The Balaban J connectivity index is 0.00000288. The number of halogens is 1. The molecule has 0 aliphatic carbocycles. The minimum atomic E-state index is -0.508. The molecule has 0 bridgehead atoms. The third-order valence-corrected chi connectivity index (χ3v) is 3.12. The first-order chi connectivity index (χ1) is 10.9. The zero-order chi connectivity index (χ0) is 16.8. The summed E-state index contributed by atoms with van der Waals surface area (Å²) >= 11 is 0. The normalized spacial score (nSPS) is 11.7. The van der Waals surface area contributed by atoms with Crippen LogP contribution in [0.1, 0.15) is 32.0 Å². The third-order valence-electron chi connectivity index (χ3n) is 3.12. The van der Waals surface area contributed by atoms with Gasteiger partial charge in [-0.1, -0.05) is 19.0 Å². The highest BCUT2D eigenvalue weighted by atomic mass is 35.5. The first-order valence-corrected chi connectivity index (χ1v) is 7.52. The summed E-state index contributed by atoms with van der Waals surface area (Å²) in [6, 6.07) is 6.52. The second kappa shape index (κ2) is 9.24. The van der Waals surface area contributed by atoms with Gasteiger partial charge in [0, 0.05) is 5.69 Å². The molecule has 1 amide bonds. The highest BCUT2D eigenvalue weighted by molar-refractivity contribution is 5.94. The largest absolute Gasteiger partial charge is 0.484 e. The maximum absolute atomic E-state index is 12.0. The monoisotopic (exact) mass is 354 g/mol. The molecular formula is C16H23ClN4O3. The number of hydrogen-bond acceptors (Lipinski definition) is 6. The number of ether oxygens (including phenoxy) is 1.